The van der Waals surface area contributed by atoms with Crippen LogP contribution in [-0.2, 0) is 16.0 Å². The summed E-state index contributed by atoms with van der Waals surface area (Å²) < 4.78 is 13.1. The van der Waals surface area contributed by atoms with Crippen molar-refractivity contribution in [2.45, 2.75) is 45.8 Å². The van der Waals surface area contributed by atoms with Crippen LogP contribution in [0.3, 0.4) is 0 Å². The number of hydrogen-bond donors (Lipinski definition) is 2. The summed E-state index contributed by atoms with van der Waals surface area (Å²) in [4.78, 5) is 4.24. The van der Waals surface area contributed by atoms with Crippen LogP contribution in [0.5, 0.6) is 0 Å². The lowest BCUT2D eigenvalue weighted by atomic mass is 10.3. The highest BCUT2D eigenvalue weighted by atomic mass is 16.5. The van der Waals surface area contributed by atoms with Gasteiger partial charge in [0, 0.05) is 45.6 Å². The van der Waals surface area contributed by atoms with Gasteiger partial charge in [0.1, 0.15) is 0 Å². The second kappa shape index (κ2) is 10.3. The summed E-state index contributed by atoms with van der Waals surface area (Å²) in [7, 11) is 1.79. The predicted octanol–water partition coefficient (Wildman–Crippen LogP) is 1.25. The van der Waals surface area contributed by atoms with Crippen LogP contribution in [-0.4, -0.2) is 61.8 Å². The fraction of sp³-hybridized carbons (Fsp3) is 0.765. The molecule has 0 saturated carbocycles. The fourth-order valence-corrected chi connectivity index (χ4v) is 2.73. The molecule has 1 aromatic heterocycles. The average molecular weight is 337 g/mol. The van der Waals surface area contributed by atoms with E-state index >= 15 is 0 Å². The van der Waals surface area contributed by atoms with Crippen molar-refractivity contribution >= 4 is 5.96 Å². The summed E-state index contributed by atoms with van der Waals surface area (Å²) in [5, 5.41) is 11.1. The molecule has 1 saturated heterocycles. The first-order valence-electron chi connectivity index (χ1n) is 8.84. The molecule has 7 nitrogen and oxygen atoms in total. The Morgan fingerprint density at radius 2 is 2.17 bits per heavy atom. The Hall–Kier alpha value is -1.60. The number of rotatable bonds is 9. The van der Waals surface area contributed by atoms with E-state index < -0.39 is 0 Å². The van der Waals surface area contributed by atoms with Crippen molar-refractivity contribution in [3.63, 3.8) is 0 Å². The molecule has 0 spiro atoms. The topological polar surface area (TPSA) is 72.7 Å². The number of ether oxygens (including phenoxy) is 2. The monoisotopic (exact) mass is 337 g/mol. The molecule has 0 aliphatic carbocycles. The Morgan fingerprint density at radius 1 is 1.38 bits per heavy atom. The third kappa shape index (κ3) is 6.49. The van der Waals surface area contributed by atoms with Gasteiger partial charge in [-0.15, -0.1) is 0 Å². The van der Waals surface area contributed by atoms with E-state index in [1.165, 1.54) is 5.69 Å². The Bertz CT molecular complexity index is 509. The van der Waals surface area contributed by atoms with Crippen molar-refractivity contribution in [1.29, 1.82) is 0 Å². The zero-order valence-electron chi connectivity index (χ0n) is 15.2. The van der Waals surface area contributed by atoms with Crippen LogP contribution in [0.2, 0.25) is 0 Å². The van der Waals surface area contributed by atoms with Gasteiger partial charge in [-0.3, -0.25) is 9.67 Å². The first-order valence-corrected chi connectivity index (χ1v) is 8.84. The SMILES string of the molecule is CN=C(NCCCOC1CCOC1)NCCCn1nc(C)cc1C. The lowest BCUT2D eigenvalue weighted by Gasteiger charge is -2.13. The molecule has 2 heterocycles. The van der Waals surface area contributed by atoms with Gasteiger partial charge >= 0.3 is 0 Å². The van der Waals surface area contributed by atoms with Crippen molar-refractivity contribution in [2.75, 3.05) is 40.0 Å². The van der Waals surface area contributed by atoms with Crippen LogP contribution in [0.1, 0.15) is 30.7 Å². The molecule has 1 atom stereocenters. The molecule has 1 unspecified atom stereocenters. The lowest BCUT2D eigenvalue weighted by molar-refractivity contribution is 0.0420. The third-order valence-electron chi connectivity index (χ3n) is 4.02. The molecule has 0 radical (unpaired) electrons. The first kappa shape index (κ1) is 18.7. The highest BCUT2D eigenvalue weighted by Gasteiger charge is 2.15. The van der Waals surface area contributed by atoms with E-state index in [2.05, 4.69) is 38.4 Å². The van der Waals surface area contributed by atoms with Crippen LogP contribution < -0.4 is 10.6 Å². The highest BCUT2D eigenvalue weighted by Crippen LogP contribution is 2.07. The molecule has 7 heteroatoms. The van der Waals surface area contributed by atoms with Crippen LogP contribution >= 0.6 is 0 Å². The zero-order chi connectivity index (χ0) is 17.2. The van der Waals surface area contributed by atoms with Gasteiger partial charge in [-0.05, 0) is 39.2 Å². The zero-order valence-corrected chi connectivity index (χ0v) is 15.2. The molecule has 136 valence electrons. The van der Waals surface area contributed by atoms with Crippen LogP contribution in [0.25, 0.3) is 0 Å². The minimum atomic E-state index is 0.289. The number of guanidine groups is 1. The molecule has 1 aliphatic heterocycles. The van der Waals surface area contributed by atoms with E-state index in [1.54, 1.807) is 7.05 Å². The summed E-state index contributed by atoms with van der Waals surface area (Å²) in [5.41, 5.74) is 2.28. The van der Waals surface area contributed by atoms with E-state index in [0.717, 1.165) is 70.4 Å². The quantitative estimate of drug-likeness (QED) is 0.403. The molecular formula is C17H31N5O2. The van der Waals surface area contributed by atoms with Crippen LogP contribution in [0, 0.1) is 13.8 Å². The van der Waals surface area contributed by atoms with Gasteiger partial charge in [-0.1, -0.05) is 0 Å². The van der Waals surface area contributed by atoms with Gasteiger partial charge in [-0.25, -0.2) is 0 Å². The number of aliphatic imine (C=N–C) groups is 1. The molecule has 2 rings (SSSR count). The maximum Gasteiger partial charge on any atom is 0.190 e. The predicted molar refractivity (Wildman–Crippen MR) is 95.5 cm³/mol. The number of aryl methyl sites for hydroxylation is 3. The summed E-state index contributed by atoms with van der Waals surface area (Å²) in [6.07, 6.45) is 3.28. The molecular weight excluding hydrogens is 306 g/mol. The third-order valence-corrected chi connectivity index (χ3v) is 4.02. The van der Waals surface area contributed by atoms with Gasteiger partial charge in [0.05, 0.1) is 18.4 Å². The van der Waals surface area contributed by atoms with Crippen molar-refractivity contribution < 1.29 is 9.47 Å². The lowest BCUT2D eigenvalue weighted by Crippen LogP contribution is -2.38. The van der Waals surface area contributed by atoms with Gasteiger partial charge in [0.15, 0.2) is 5.96 Å². The highest BCUT2D eigenvalue weighted by molar-refractivity contribution is 5.79. The number of aromatic nitrogens is 2. The smallest absolute Gasteiger partial charge is 0.190 e. The van der Waals surface area contributed by atoms with Crippen molar-refractivity contribution in [3.05, 3.63) is 17.5 Å². The molecule has 0 amide bonds. The summed E-state index contributed by atoms with van der Waals surface area (Å²) in [6, 6.07) is 2.10. The van der Waals surface area contributed by atoms with Gasteiger partial charge in [0.2, 0.25) is 0 Å². The fourth-order valence-electron chi connectivity index (χ4n) is 2.73. The molecule has 0 aromatic carbocycles. The molecule has 1 fully saturated rings. The average Bonchev–Trinajstić information content (AvgIpc) is 3.18. The molecule has 2 N–H and O–H groups in total. The van der Waals surface area contributed by atoms with Crippen molar-refractivity contribution in [3.8, 4) is 0 Å². The van der Waals surface area contributed by atoms with Crippen molar-refractivity contribution in [1.82, 2.24) is 20.4 Å². The maximum absolute atomic E-state index is 5.74. The summed E-state index contributed by atoms with van der Waals surface area (Å²) in [6.45, 7) is 9.09. The van der Waals surface area contributed by atoms with Crippen LogP contribution in [0.15, 0.2) is 11.1 Å². The molecule has 1 aromatic rings. The van der Waals surface area contributed by atoms with E-state index in [0.29, 0.717) is 0 Å². The molecule has 24 heavy (non-hydrogen) atoms. The second-order valence-electron chi connectivity index (χ2n) is 6.14. The number of nitrogens with one attached hydrogen (secondary N) is 2. The Balaban J connectivity index is 1.51. The Kier molecular flexibility index (Phi) is 8.04. The van der Waals surface area contributed by atoms with E-state index in [9.17, 15) is 0 Å². The van der Waals surface area contributed by atoms with Crippen LogP contribution in [0.4, 0.5) is 0 Å². The Morgan fingerprint density at radius 3 is 2.79 bits per heavy atom. The van der Waals surface area contributed by atoms with E-state index in [1.807, 2.05) is 6.92 Å². The van der Waals surface area contributed by atoms with E-state index in [-0.39, 0.29) is 6.10 Å². The van der Waals surface area contributed by atoms with Gasteiger partial charge in [-0.2, -0.15) is 5.10 Å². The van der Waals surface area contributed by atoms with Gasteiger partial charge in [0.25, 0.3) is 0 Å². The normalized spacial score (nSPS) is 18.1. The van der Waals surface area contributed by atoms with E-state index in [4.69, 9.17) is 9.47 Å². The summed E-state index contributed by atoms with van der Waals surface area (Å²) in [5.74, 6) is 0.840. The minimum absolute atomic E-state index is 0.289. The first-order chi connectivity index (χ1) is 11.7. The van der Waals surface area contributed by atoms with Crippen molar-refractivity contribution in [2.24, 2.45) is 4.99 Å². The van der Waals surface area contributed by atoms with Gasteiger partial charge < -0.3 is 20.1 Å². The number of nitrogens with zero attached hydrogens (tertiary/aromatic N) is 3. The largest absolute Gasteiger partial charge is 0.379 e. The Labute approximate surface area is 144 Å². The molecule has 0 bridgehead atoms. The maximum atomic E-state index is 5.74. The number of hydrogen-bond acceptors (Lipinski definition) is 4. The standard InChI is InChI=1S/C17H31N5O2/c1-14-12-15(2)22(21-14)9-4-7-19-17(18-3)20-8-5-10-24-16-6-11-23-13-16/h12,16H,4-11,13H2,1-3H3,(H2,18,19,20). The molecule has 1 aliphatic rings. The second-order valence-corrected chi connectivity index (χ2v) is 6.14. The minimum Gasteiger partial charge on any atom is -0.379 e. The summed E-state index contributed by atoms with van der Waals surface area (Å²) >= 11 is 0.